The number of sulfonamides is 1. The van der Waals surface area contributed by atoms with Gasteiger partial charge in [0.2, 0.25) is 15.9 Å². The van der Waals surface area contributed by atoms with Crippen LogP contribution in [0.4, 0.5) is 0 Å². The van der Waals surface area contributed by atoms with Crippen molar-refractivity contribution in [3.63, 3.8) is 0 Å². The zero-order chi connectivity index (χ0) is 21.6. The fraction of sp³-hybridized carbons (Fsp3) is 0.333. The minimum atomic E-state index is -3.49. The van der Waals surface area contributed by atoms with E-state index in [1.54, 1.807) is 48.5 Å². The average molecular weight is 431 g/mol. The highest BCUT2D eigenvalue weighted by Gasteiger charge is 2.28. The van der Waals surface area contributed by atoms with Gasteiger partial charge in [0.1, 0.15) is 5.75 Å². The van der Waals surface area contributed by atoms with Gasteiger partial charge >= 0.3 is 0 Å². The molecule has 2 aromatic rings. The predicted molar refractivity (Wildman–Crippen MR) is 115 cm³/mol. The first kappa shape index (κ1) is 21.9. The lowest BCUT2D eigenvalue weighted by Crippen LogP contribution is -2.49. The number of rotatable bonds is 7. The second-order valence-corrected chi connectivity index (χ2v) is 9.10. The summed E-state index contributed by atoms with van der Waals surface area (Å²) in [4.78, 5) is 14.3. The average Bonchev–Trinajstić information content (AvgIpc) is 2.74. The summed E-state index contributed by atoms with van der Waals surface area (Å²) in [6.07, 6.45) is 1.64. The maximum Gasteiger partial charge on any atom is 0.243 e. The molecule has 30 heavy (non-hydrogen) atoms. The maximum atomic E-state index is 12.7. The van der Waals surface area contributed by atoms with Gasteiger partial charge in [0.25, 0.3) is 0 Å². The summed E-state index contributed by atoms with van der Waals surface area (Å²) in [6, 6.07) is 13.6. The molecule has 0 saturated carbocycles. The van der Waals surface area contributed by atoms with E-state index in [2.05, 4.69) is 15.4 Å². The van der Waals surface area contributed by atoms with Crippen LogP contribution in [0.1, 0.15) is 17.5 Å². The number of nitrogens with zero attached hydrogens (tertiary/aromatic N) is 3. The number of nitrogens with one attached hydrogen (secondary N) is 1. The minimum absolute atomic E-state index is 0.0916. The maximum absolute atomic E-state index is 12.7. The molecule has 8 nitrogen and oxygen atoms in total. The first-order valence-corrected chi connectivity index (χ1v) is 11.2. The van der Waals surface area contributed by atoms with Gasteiger partial charge in [-0.05, 0) is 31.2 Å². The standard InChI is InChI=1S/C21H26N4O4S/c1-17-6-8-19(9-7-17)30(28,29)25-14-12-24(13-15-25)11-10-21(27)23-22-16-18-4-2-3-5-20(18)26/h2-9,16,26H,10-15H2,1H3,(H,23,27)/b22-16+. The van der Waals surface area contributed by atoms with Crippen molar-refractivity contribution in [3.05, 3.63) is 59.7 Å². The zero-order valence-corrected chi connectivity index (χ0v) is 17.7. The first-order valence-electron chi connectivity index (χ1n) is 9.75. The summed E-state index contributed by atoms with van der Waals surface area (Å²) in [6.45, 7) is 4.37. The van der Waals surface area contributed by atoms with E-state index in [4.69, 9.17) is 0 Å². The van der Waals surface area contributed by atoms with Crippen LogP contribution < -0.4 is 5.43 Å². The molecule has 0 spiro atoms. The number of aromatic hydroxyl groups is 1. The number of carbonyl (C=O) groups excluding carboxylic acids is 1. The Morgan fingerprint density at radius 2 is 1.77 bits per heavy atom. The monoisotopic (exact) mass is 430 g/mol. The minimum Gasteiger partial charge on any atom is -0.507 e. The third-order valence-corrected chi connectivity index (χ3v) is 6.89. The number of phenolic OH excluding ortho intramolecular Hbond substituents is 1. The number of para-hydroxylation sites is 1. The van der Waals surface area contributed by atoms with Crippen molar-refractivity contribution < 1.29 is 18.3 Å². The van der Waals surface area contributed by atoms with Crippen LogP contribution in [-0.2, 0) is 14.8 Å². The fourth-order valence-corrected chi connectivity index (χ4v) is 4.56. The van der Waals surface area contributed by atoms with Crippen molar-refractivity contribution in [1.82, 2.24) is 14.6 Å². The van der Waals surface area contributed by atoms with Crippen LogP contribution in [0.2, 0.25) is 0 Å². The van der Waals surface area contributed by atoms with E-state index in [-0.39, 0.29) is 18.1 Å². The molecule has 2 aromatic carbocycles. The summed E-state index contributed by atoms with van der Waals surface area (Å²) < 4.78 is 27.0. The van der Waals surface area contributed by atoms with Crippen LogP contribution in [0.25, 0.3) is 0 Å². The Bertz CT molecular complexity index is 998. The number of piperazine rings is 1. The fourth-order valence-electron chi connectivity index (χ4n) is 3.14. The number of hydrogen-bond donors (Lipinski definition) is 2. The van der Waals surface area contributed by atoms with E-state index in [1.807, 2.05) is 6.92 Å². The van der Waals surface area contributed by atoms with E-state index in [0.717, 1.165) is 5.56 Å². The summed E-state index contributed by atoms with van der Waals surface area (Å²) in [7, 11) is -3.49. The molecule has 9 heteroatoms. The normalized spacial score (nSPS) is 16.0. The van der Waals surface area contributed by atoms with E-state index in [0.29, 0.717) is 43.2 Å². The van der Waals surface area contributed by atoms with Crippen LogP contribution in [-0.4, -0.2) is 67.6 Å². The highest BCUT2D eigenvalue weighted by Crippen LogP contribution is 2.18. The molecule has 1 aliphatic rings. The lowest BCUT2D eigenvalue weighted by molar-refractivity contribution is -0.121. The molecule has 0 aromatic heterocycles. The second kappa shape index (κ2) is 9.84. The van der Waals surface area contributed by atoms with Gasteiger partial charge < -0.3 is 10.0 Å². The van der Waals surface area contributed by atoms with Crippen LogP contribution in [0, 0.1) is 6.92 Å². The Kier molecular flexibility index (Phi) is 7.20. The molecular weight excluding hydrogens is 404 g/mol. The number of phenols is 1. The van der Waals surface area contributed by atoms with Gasteiger partial charge in [0.15, 0.2) is 0 Å². The highest BCUT2D eigenvalue weighted by molar-refractivity contribution is 7.89. The van der Waals surface area contributed by atoms with Crippen molar-refractivity contribution in [1.29, 1.82) is 0 Å². The van der Waals surface area contributed by atoms with Crippen molar-refractivity contribution >= 4 is 22.1 Å². The summed E-state index contributed by atoms with van der Waals surface area (Å²) in [5.41, 5.74) is 3.98. The van der Waals surface area contributed by atoms with Gasteiger partial charge in [-0.3, -0.25) is 4.79 Å². The number of amides is 1. The Morgan fingerprint density at radius 1 is 1.10 bits per heavy atom. The first-order chi connectivity index (χ1) is 14.4. The number of benzene rings is 2. The lowest BCUT2D eigenvalue weighted by Gasteiger charge is -2.33. The molecule has 1 amide bonds. The van der Waals surface area contributed by atoms with Gasteiger partial charge in [0.05, 0.1) is 11.1 Å². The Morgan fingerprint density at radius 3 is 2.43 bits per heavy atom. The summed E-state index contributed by atoms with van der Waals surface area (Å²) >= 11 is 0. The van der Waals surface area contributed by atoms with Gasteiger partial charge in [-0.25, -0.2) is 13.8 Å². The highest BCUT2D eigenvalue weighted by atomic mass is 32.2. The molecule has 0 radical (unpaired) electrons. The van der Waals surface area contributed by atoms with Crippen molar-refractivity contribution in [3.8, 4) is 5.75 Å². The second-order valence-electron chi connectivity index (χ2n) is 7.16. The Hall–Kier alpha value is -2.75. The van der Waals surface area contributed by atoms with E-state index < -0.39 is 10.0 Å². The number of aryl methyl sites for hydroxylation is 1. The topological polar surface area (TPSA) is 102 Å². The molecule has 160 valence electrons. The Balaban J connectivity index is 1.43. The number of hydrazone groups is 1. The molecule has 0 bridgehead atoms. The number of hydrogen-bond acceptors (Lipinski definition) is 6. The molecular formula is C21H26N4O4S. The molecule has 1 saturated heterocycles. The van der Waals surface area contributed by atoms with Crippen molar-refractivity contribution in [2.45, 2.75) is 18.2 Å². The summed E-state index contributed by atoms with van der Waals surface area (Å²) in [5, 5.41) is 13.5. The molecule has 1 fully saturated rings. The lowest BCUT2D eigenvalue weighted by atomic mass is 10.2. The molecule has 3 rings (SSSR count). The largest absolute Gasteiger partial charge is 0.507 e. The third-order valence-electron chi connectivity index (χ3n) is 4.97. The molecule has 0 aliphatic carbocycles. The molecule has 2 N–H and O–H groups in total. The van der Waals surface area contributed by atoms with E-state index >= 15 is 0 Å². The molecule has 1 aliphatic heterocycles. The predicted octanol–water partition coefficient (Wildman–Crippen LogP) is 1.55. The Labute approximate surface area is 176 Å². The van der Waals surface area contributed by atoms with E-state index in [9.17, 15) is 18.3 Å². The van der Waals surface area contributed by atoms with Crippen molar-refractivity contribution in [2.75, 3.05) is 32.7 Å². The van der Waals surface area contributed by atoms with Gasteiger partial charge in [-0.15, -0.1) is 0 Å². The smallest absolute Gasteiger partial charge is 0.243 e. The molecule has 0 unspecified atom stereocenters. The van der Waals surface area contributed by atoms with E-state index in [1.165, 1.54) is 10.5 Å². The third kappa shape index (κ3) is 5.65. The summed E-state index contributed by atoms with van der Waals surface area (Å²) in [5.74, 6) is -0.148. The molecule has 0 atom stereocenters. The van der Waals surface area contributed by atoms with Gasteiger partial charge in [0, 0.05) is 44.7 Å². The number of carbonyl (C=O) groups is 1. The zero-order valence-electron chi connectivity index (χ0n) is 16.9. The van der Waals surface area contributed by atoms with Crippen LogP contribution in [0.15, 0.2) is 58.5 Å². The quantitative estimate of drug-likeness (QED) is 0.513. The van der Waals surface area contributed by atoms with Crippen LogP contribution in [0.5, 0.6) is 5.75 Å². The SMILES string of the molecule is Cc1ccc(S(=O)(=O)N2CCN(CCC(=O)N/N=C/c3ccccc3O)CC2)cc1. The van der Waals surface area contributed by atoms with Gasteiger partial charge in [-0.2, -0.15) is 9.41 Å². The van der Waals surface area contributed by atoms with Crippen molar-refractivity contribution in [2.24, 2.45) is 5.10 Å². The van der Waals surface area contributed by atoms with Gasteiger partial charge in [-0.1, -0.05) is 29.8 Å². The van der Waals surface area contributed by atoms with Crippen LogP contribution >= 0.6 is 0 Å². The van der Waals surface area contributed by atoms with Crippen LogP contribution in [0.3, 0.4) is 0 Å². The molecule has 1 heterocycles.